The zero-order valence-corrected chi connectivity index (χ0v) is 49.5. The number of ketones is 4. The molecule has 11 nitrogen and oxygen atoms in total. The quantitative estimate of drug-likeness (QED) is 0.0852. The van der Waals surface area contributed by atoms with Crippen LogP contribution in [0.4, 0.5) is 11.4 Å². The predicted octanol–water partition coefficient (Wildman–Crippen LogP) is 16.2. The number of anilines is 1. The first kappa shape index (κ1) is 60.6. The number of hydrogen-bond acceptors (Lipinski definition) is 10. The first-order chi connectivity index (χ1) is 38.1. The van der Waals surface area contributed by atoms with E-state index in [9.17, 15) is 28.8 Å². The van der Waals surface area contributed by atoms with Gasteiger partial charge < -0.3 is 4.74 Å². The number of ether oxygens (including phenoxy) is 1. The molecular weight excluding hydrogens is 1030 g/mol. The Morgan fingerprint density at radius 3 is 1.54 bits per heavy atom. The van der Waals surface area contributed by atoms with Crippen LogP contribution in [0.3, 0.4) is 0 Å². The summed E-state index contributed by atoms with van der Waals surface area (Å²) in [6.45, 7) is 26.6. The van der Waals surface area contributed by atoms with Crippen LogP contribution in [0.25, 0.3) is 0 Å². The van der Waals surface area contributed by atoms with Gasteiger partial charge in [0.25, 0.3) is 5.91 Å². The van der Waals surface area contributed by atoms with Gasteiger partial charge in [0.05, 0.1) is 29.4 Å². The fourth-order valence-electron chi connectivity index (χ4n) is 10.0. The maximum atomic E-state index is 13.3. The maximum absolute atomic E-state index is 13.3. The van der Waals surface area contributed by atoms with E-state index in [1.54, 1.807) is 66.9 Å². The number of allylic oxidation sites excluding steroid dienone is 9. The van der Waals surface area contributed by atoms with Crippen molar-refractivity contribution in [3.05, 3.63) is 225 Å². The average Bonchev–Trinajstić information content (AvgIpc) is 3.85. The largest absolute Gasteiger partial charge is 0.460 e. The van der Waals surface area contributed by atoms with Crippen molar-refractivity contribution in [2.45, 2.75) is 103 Å². The Morgan fingerprint density at radius 2 is 1.04 bits per heavy atom. The van der Waals surface area contributed by atoms with E-state index in [1.165, 1.54) is 5.01 Å². The third kappa shape index (κ3) is 14.5. The van der Waals surface area contributed by atoms with Gasteiger partial charge in [0.15, 0.2) is 23.1 Å². The molecule has 0 aromatic heterocycles. The molecule has 0 saturated carbocycles. The second kappa shape index (κ2) is 24.8. The zero-order valence-electron chi connectivity index (χ0n) is 48.7. The van der Waals surface area contributed by atoms with Gasteiger partial charge in [0, 0.05) is 50.1 Å². The first-order valence-corrected chi connectivity index (χ1v) is 27.7. The monoisotopic (exact) mass is 1100 g/mol. The maximum Gasteiger partial charge on any atom is 0.318 e. The van der Waals surface area contributed by atoms with Gasteiger partial charge in [-0.15, -0.1) is 0 Å². The van der Waals surface area contributed by atoms with Crippen LogP contribution in [0, 0.1) is 39.4 Å². The van der Waals surface area contributed by atoms with Gasteiger partial charge in [-0.1, -0.05) is 210 Å². The average molecular weight is 1110 g/mol. The van der Waals surface area contributed by atoms with Crippen LogP contribution >= 0.6 is 11.6 Å². The van der Waals surface area contributed by atoms with Crippen molar-refractivity contribution in [1.29, 1.82) is 0 Å². The third-order valence-electron chi connectivity index (χ3n) is 14.3. The van der Waals surface area contributed by atoms with Crippen LogP contribution in [-0.2, 0) is 30.5 Å². The highest BCUT2D eigenvalue weighted by atomic mass is 35.5. The minimum Gasteiger partial charge on any atom is -0.460 e. The molecule has 4 aliphatic rings. The summed E-state index contributed by atoms with van der Waals surface area (Å²) in [5.74, 6) is -3.75. The lowest BCUT2D eigenvalue weighted by atomic mass is 9.68. The van der Waals surface area contributed by atoms with Crippen LogP contribution in [0.2, 0.25) is 5.02 Å². The second-order valence-corrected chi connectivity index (χ2v) is 25.2. The summed E-state index contributed by atoms with van der Waals surface area (Å²) in [6.07, 6.45) is 9.51. The summed E-state index contributed by atoms with van der Waals surface area (Å²) in [5.41, 5.74) is 7.38. The van der Waals surface area contributed by atoms with Crippen molar-refractivity contribution < 1.29 is 33.5 Å². The lowest BCUT2D eigenvalue weighted by Gasteiger charge is -2.34. The van der Waals surface area contributed by atoms with E-state index >= 15 is 0 Å². The van der Waals surface area contributed by atoms with Crippen LogP contribution < -0.4 is 5.01 Å². The molecule has 0 N–H and O–H groups in total. The number of hydrogen-bond donors (Lipinski definition) is 0. The highest BCUT2D eigenvalue weighted by Crippen LogP contribution is 2.44. The van der Waals surface area contributed by atoms with Crippen molar-refractivity contribution in [1.82, 2.24) is 0 Å². The Kier molecular flexibility index (Phi) is 18.5. The molecule has 418 valence electrons. The van der Waals surface area contributed by atoms with Gasteiger partial charge in [0.2, 0.25) is 0 Å². The van der Waals surface area contributed by atoms with Crippen LogP contribution in [-0.4, -0.2) is 40.7 Å². The summed E-state index contributed by atoms with van der Waals surface area (Å²) < 4.78 is 5.44. The third-order valence-corrected chi connectivity index (χ3v) is 14.6. The molecule has 12 heteroatoms. The molecule has 3 aliphatic carbocycles. The second-order valence-electron chi connectivity index (χ2n) is 24.8. The van der Waals surface area contributed by atoms with E-state index in [0.29, 0.717) is 16.1 Å². The van der Waals surface area contributed by atoms with E-state index < -0.39 is 17.8 Å². The number of halogens is 1. The Balaban J connectivity index is 0.000000176. The number of rotatable bonds is 8. The molecule has 0 saturated heterocycles. The van der Waals surface area contributed by atoms with Crippen molar-refractivity contribution in [2.24, 2.45) is 54.7 Å². The van der Waals surface area contributed by atoms with Gasteiger partial charge >= 0.3 is 5.97 Å². The van der Waals surface area contributed by atoms with E-state index in [1.807, 2.05) is 152 Å². The zero-order chi connectivity index (χ0) is 59.2. The minimum absolute atomic E-state index is 0.0444. The number of para-hydroxylation sites is 1. The normalized spacial score (nSPS) is 18.8. The minimum atomic E-state index is -1.19. The highest BCUT2D eigenvalue weighted by Gasteiger charge is 2.47. The summed E-state index contributed by atoms with van der Waals surface area (Å²) in [4.78, 5) is 78.6. The number of azo groups is 1. The number of carbonyl (C=O) groups excluding carboxylic acids is 6. The smallest absolute Gasteiger partial charge is 0.318 e. The van der Waals surface area contributed by atoms with Gasteiger partial charge in [-0.25, -0.2) is 5.01 Å². The number of fused-ring (bicyclic) bond motifs is 1. The molecule has 5 aromatic carbocycles. The Bertz CT molecular complexity index is 3360. The number of hydrazone groups is 1. The number of amides is 1. The number of benzene rings is 5. The Morgan fingerprint density at radius 1 is 0.580 bits per heavy atom. The molecular formula is C69H73ClN4O7. The molecule has 0 spiro atoms. The number of Topliss-reactive ketones (excluding diaryl/α,β-unsaturated/α-hetero) is 4. The molecule has 1 heterocycles. The van der Waals surface area contributed by atoms with E-state index in [2.05, 4.69) is 56.9 Å². The standard InChI is InChI=1S/C24H30N2O2.C24H18O4.C21H25ClN2O/c1-15-20(22(28)26(25-15)17-11-9-8-10-12-17)16-13-18(23(2,3)4)21(27)19(14-16)24(5,6)7;25-22-18-13-7-8-14-19(18)23(26)21(20(22)17-11-5-2-6-12-17)24(27)28-15-16-9-3-1-4-10-16;1-20(2,3)17-11-14(12-18(19(17)25)21(4,5)6)13-23-24-16-9-7-15(22)8-10-16/h8-14,16,20H,1-7H3;1-14,20-21H,15H2;7-13H,1-6H3. The SMILES string of the molecule is CC(C)(C)C1=CC(=CN=Nc2ccc(Cl)cc2)C=C(C(C)(C)C)C1=O.CC1=NN(c2ccccc2)C(=O)C1C1C=C(C(C)(C)C)C(=O)C(C(C)(C)C)=C1.O=C(OCc1ccccc1)C1C(=O)c2ccccc2C(=O)C1c1ccccc1. The van der Waals surface area contributed by atoms with Crippen molar-refractivity contribution in [3.63, 3.8) is 0 Å². The molecule has 3 unspecified atom stereocenters. The van der Waals surface area contributed by atoms with E-state index in [-0.39, 0.29) is 74.7 Å². The van der Waals surface area contributed by atoms with Gasteiger partial charge in [-0.05, 0) is 93.8 Å². The molecule has 1 aliphatic heterocycles. The molecule has 0 radical (unpaired) electrons. The highest BCUT2D eigenvalue weighted by molar-refractivity contribution is 6.30. The number of nitrogens with zero attached hydrogens (tertiary/aromatic N) is 4. The van der Waals surface area contributed by atoms with Crippen molar-refractivity contribution in [3.8, 4) is 0 Å². The molecule has 81 heavy (non-hydrogen) atoms. The fourth-order valence-corrected chi connectivity index (χ4v) is 10.1. The first-order valence-electron chi connectivity index (χ1n) is 27.3. The van der Waals surface area contributed by atoms with Crippen LogP contribution in [0.15, 0.2) is 213 Å². The van der Waals surface area contributed by atoms with Gasteiger partial charge in [-0.2, -0.15) is 15.3 Å². The topological polar surface area (TPSA) is 152 Å². The fraction of sp³-hybridized carbons (Fsp3) is 0.319. The molecule has 1 amide bonds. The summed E-state index contributed by atoms with van der Waals surface area (Å²) in [5, 5.41) is 15.1. The van der Waals surface area contributed by atoms with Crippen LogP contribution in [0.1, 0.15) is 128 Å². The number of carbonyl (C=O) groups is 6. The summed E-state index contributed by atoms with van der Waals surface area (Å²) in [7, 11) is 0. The summed E-state index contributed by atoms with van der Waals surface area (Å²) in [6, 6.07) is 41.5. The number of esters is 1. The Labute approximate surface area is 482 Å². The Hall–Kier alpha value is -8.02. The predicted molar refractivity (Wildman–Crippen MR) is 322 cm³/mol. The van der Waals surface area contributed by atoms with Gasteiger partial charge in [-0.3, -0.25) is 28.8 Å². The van der Waals surface area contributed by atoms with Gasteiger partial charge in [0.1, 0.15) is 12.5 Å². The summed E-state index contributed by atoms with van der Waals surface area (Å²) >= 11 is 5.87. The lowest BCUT2D eigenvalue weighted by molar-refractivity contribution is -0.148. The molecule has 5 aromatic rings. The lowest BCUT2D eigenvalue weighted by Crippen LogP contribution is -2.40. The molecule has 3 atom stereocenters. The van der Waals surface area contributed by atoms with Crippen LogP contribution in [0.5, 0.6) is 0 Å². The van der Waals surface area contributed by atoms with E-state index in [4.69, 9.17) is 16.3 Å². The van der Waals surface area contributed by atoms with Crippen molar-refractivity contribution in [2.75, 3.05) is 5.01 Å². The molecule has 9 rings (SSSR count). The van der Waals surface area contributed by atoms with E-state index in [0.717, 1.165) is 50.5 Å². The molecule has 0 fully saturated rings. The van der Waals surface area contributed by atoms with Crippen molar-refractivity contribution >= 4 is 63.7 Å². The molecule has 0 bridgehead atoms.